The molecule has 2 aliphatic rings. The number of nitrogens with one attached hydrogen (secondary N) is 2. The minimum Gasteiger partial charge on any atom is -0.460 e. The number of benzene rings is 2. The van der Waals surface area contributed by atoms with Crippen LogP contribution in [0.4, 0.5) is 0 Å². The molecule has 2 unspecified atom stereocenters. The molecular weight excluding hydrogens is 404 g/mol. The molecule has 0 fully saturated rings. The Balaban J connectivity index is 2.03. The maximum Gasteiger partial charge on any atom is 0.245 e. The molecule has 6 heteroatoms. The molecular formula is C26H30N2O4. The van der Waals surface area contributed by atoms with Crippen LogP contribution in [-0.2, 0) is 20.9 Å². The van der Waals surface area contributed by atoms with E-state index in [1.807, 2.05) is 24.3 Å². The summed E-state index contributed by atoms with van der Waals surface area (Å²) in [6, 6.07) is 12.8. The van der Waals surface area contributed by atoms with Crippen molar-refractivity contribution < 1.29 is 19.1 Å². The fraction of sp³-hybridized carbons (Fsp3) is 0.423. The Morgan fingerprint density at radius 3 is 2.09 bits per heavy atom. The Morgan fingerprint density at radius 1 is 0.844 bits per heavy atom. The lowest BCUT2D eigenvalue weighted by Gasteiger charge is -2.40. The van der Waals surface area contributed by atoms with E-state index in [0.29, 0.717) is 22.4 Å². The predicted molar refractivity (Wildman–Crippen MR) is 121 cm³/mol. The molecule has 32 heavy (non-hydrogen) atoms. The highest BCUT2D eigenvalue weighted by atomic mass is 16.5. The van der Waals surface area contributed by atoms with E-state index in [1.165, 1.54) is 0 Å². The summed E-state index contributed by atoms with van der Waals surface area (Å²) in [5.41, 5.74) is -0.580. The molecule has 4 rings (SSSR count). The van der Waals surface area contributed by atoms with E-state index >= 15 is 0 Å². The first-order valence-electron chi connectivity index (χ1n) is 11.2. The van der Waals surface area contributed by atoms with Crippen molar-refractivity contribution in [1.82, 2.24) is 10.6 Å². The van der Waals surface area contributed by atoms with E-state index < -0.39 is 11.3 Å². The number of Topliss-reactive ketones (excluding diaryl/α,β-unsaturated/α-hetero) is 1. The standard InChI is InChI=1S/C26H30N2O4/c1-14(2)17-11-12-20-21(13-17)32-26(28-24(31)16(5)6)19-10-8-7-9-18(19)22(29)25(20,26)27-23(30)15(3)4/h7-16H,1-6H3,(H,27,30)(H,28,31). The van der Waals surface area contributed by atoms with Gasteiger partial charge in [-0.15, -0.1) is 0 Å². The fourth-order valence-corrected chi connectivity index (χ4v) is 4.50. The molecule has 2 aromatic rings. The predicted octanol–water partition coefficient (Wildman–Crippen LogP) is 3.99. The number of hydrogen-bond donors (Lipinski definition) is 2. The SMILES string of the molecule is CC(C)C(=O)NC12Oc3cc(C(C)C)ccc3C1(NC(=O)C(C)C)C(=O)c1ccccc12. The molecule has 0 bridgehead atoms. The Labute approximate surface area is 188 Å². The van der Waals surface area contributed by atoms with Crippen LogP contribution in [0.2, 0.25) is 0 Å². The first-order chi connectivity index (χ1) is 15.0. The highest BCUT2D eigenvalue weighted by Gasteiger charge is 2.72. The maximum atomic E-state index is 14.1. The minimum atomic E-state index is -1.59. The molecule has 0 saturated carbocycles. The van der Waals surface area contributed by atoms with E-state index in [9.17, 15) is 14.4 Å². The highest BCUT2D eigenvalue weighted by molar-refractivity contribution is 6.13. The van der Waals surface area contributed by atoms with E-state index in [-0.39, 0.29) is 35.4 Å². The van der Waals surface area contributed by atoms with Gasteiger partial charge in [-0.1, -0.05) is 77.9 Å². The van der Waals surface area contributed by atoms with Crippen molar-refractivity contribution in [1.29, 1.82) is 0 Å². The number of carbonyl (C=O) groups is 3. The van der Waals surface area contributed by atoms with Gasteiger partial charge in [-0.2, -0.15) is 0 Å². The Bertz CT molecular complexity index is 1120. The van der Waals surface area contributed by atoms with Crippen LogP contribution in [0.5, 0.6) is 5.75 Å². The van der Waals surface area contributed by atoms with Gasteiger partial charge in [-0.3, -0.25) is 14.4 Å². The first kappa shape index (κ1) is 22.1. The molecule has 1 aliphatic heterocycles. The number of carbonyl (C=O) groups excluding carboxylic acids is 3. The summed E-state index contributed by atoms with van der Waals surface area (Å²) in [4.78, 5) is 40.1. The molecule has 2 aromatic carbocycles. The third kappa shape index (κ3) is 2.89. The molecule has 0 aromatic heterocycles. The second kappa shape index (κ2) is 7.47. The lowest BCUT2D eigenvalue weighted by atomic mass is 9.80. The van der Waals surface area contributed by atoms with Crippen LogP contribution in [0.1, 0.15) is 74.5 Å². The largest absolute Gasteiger partial charge is 0.460 e. The Kier molecular flexibility index (Phi) is 5.15. The molecule has 2 amide bonds. The molecule has 1 aliphatic carbocycles. The van der Waals surface area contributed by atoms with Gasteiger partial charge in [-0.25, -0.2) is 0 Å². The molecule has 2 atom stereocenters. The van der Waals surface area contributed by atoms with Crippen LogP contribution >= 0.6 is 0 Å². The topological polar surface area (TPSA) is 84.5 Å². The molecule has 0 saturated heterocycles. The van der Waals surface area contributed by atoms with Crippen LogP contribution in [0, 0.1) is 11.8 Å². The van der Waals surface area contributed by atoms with Crippen LogP contribution in [-0.4, -0.2) is 17.6 Å². The zero-order chi connectivity index (χ0) is 23.4. The second-order valence-corrected chi connectivity index (χ2v) is 9.61. The third-order valence-corrected chi connectivity index (χ3v) is 6.42. The smallest absolute Gasteiger partial charge is 0.245 e. The zero-order valence-electron chi connectivity index (χ0n) is 19.4. The van der Waals surface area contributed by atoms with Crippen molar-refractivity contribution in [3.8, 4) is 5.75 Å². The van der Waals surface area contributed by atoms with E-state index in [4.69, 9.17) is 4.74 Å². The molecule has 0 spiro atoms. The molecule has 2 N–H and O–H groups in total. The van der Waals surface area contributed by atoms with Crippen molar-refractivity contribution in [3.63, 3.8) is 0 Å². The van der Waals surface area contributed by atoms with Crippen molar-refractivity contribution in [2.24, 2.45) is 11.8 Å². The number of amides is 2. The van der Waals surface area contributed by atoms with Gasteiger partial charge >= 0.3 is 0 Å². The summed E-state index contributed by atoms with van der Waals surface area (Å²) in [7, 11) is 0. The van der Waals surface area contributed by atoms with Gasteiger partial charge in [0.25, 0.3) is 0 Å². The summed E-state index contributed by atoms with van der Waals surface area (Å²) in [5.74, 6) is -0.819. The molecule has 1 heterocycles. The highest BCUT2D eigenvalue weighted by Crippen LogP contribution is 2.58. The summed E-state index contributed by atoms with van der Waals surface area (Å²) in [5, 5.41) is 6.04. The van der Waals surface area contributed by atoms with Gasteiger partial charge in [0.1, 0.15) is 5.75 Å². The minimum absolute atomic E-state index is 0.245. The third-order valence-electron chi connectivity index (χ3n) is 6.42. The van der Waals surface area contributed by atoms with Crippen molar-refractivity contribution in [3.05, 3.63) is 64.7 Å². The monoisotopic (exact) mass is 434 g/mol. The van der Waals surface area contributed by atoms with Crippen molar-refractivity contribution >= 4 is 17.6 Å². The van der Waals surface area contributed by atoms with Gasteiger partial charge in [0.2, 0.25) is 17.5 Å². The molecule has 6 nitrogen and oxygen atoms in total. The van der Waals surface area contributed by atoms with Crippen molar-refractivity contribution in [2.75, 3.05) is 0 Å². The quantitative estimate of drug-likeness (QED) is 0.745. The zero-order valence-corrected chi connectivity index (χ0v) is 19.4. The second-order valence-electron chi connectivity index (χ2n) is 9.61. The average molecular weight is 435 g/mol. The van der Waals surface area contributed by atoms with Gasteiger partial charge in [0.05, 0.1) is 0 Å². The summed E-state index contributed by atoms with van der Waals surface area (Å²) in [6.45, 7) is 11.2. The van der Waals surface area contributed by atoms with E-state index in [0.717, 1.165) is 5.56 Å². The van der Waals surface area contributed by atoms with Crippen LogP contribution in [0.15, 0.2) is 42.5 Å². The summed E-state index contributed by atoms with van der Waals surface area (Å²) < 4.78 is 6.54. The van der Waals surface area contributed by atoms with Crippen LogP contribution in [0.25, 0.3) is 0 Å². The Morgan fingerprint density at radius 2 is 1.47 bits per heavy atom. The summed E-state index contributed by atoms with van der Waals surface area (Å²) >= 11 is 0. The van der Waals surface area contributed by atoms with Gasteiger partial charge in [0.15, 0.2) is 11.3 Å². The molecule has 0 radical (unpaired) electrons. The number of ketones is 1. The normalized spacial score (nSPS) is 23.1. The fourth-order valence-electron chi connectivity index (χ4n) is 4.50. The lowest BCUT2D eigenvalue weighted by molar-refractivity contribution is -0.137. The lowest BCUT2D eigenvalue weighted by Crippen LogP contribution is -2.67. The number of rotatable bonds is 5. The number of fused-ring (bicyclic) bond motifs is 5. The average Bonchev–Trinajstić information content (AvgIpc) is 3.12. The Hall–Kier alpha value is -3.15. The van der Waals surface area contributed by atoms with E-state index in [1.54, 1.807) is 45.9 Å². The number of ether oxygens (including phenoxy) is 1. The van der Waals surface area contributed by atoms with Gasteiger partial charge < -0.3 is 15.4 Å². The van der Waals surface area contributed by atoms with Crippen LogP contribution < -0.4 is 15.4 Å². The van der Waals surface area contributed by atoms with E-state index in [2.05, 4.69) is 24.5 Å². The number of hydrogen-bond acceptors (Lipinski definition) is 4. The van der Waals surface area contributed by atoms with Crippen molar-refractivity contribution in [2.45, 2.75) is 58.7 Å². The van der Waals surface area contributed by atoms with Gasteiger partial charge in [-0.05, 0) is 17.5 Å². The maximum absolute atomic E-state index is 14.1. The first-order valence-corrected chi connectivity index (χ1v) is 11.2. The molecule has 168 valence electrons. The van der Waals surface area contributed by atoms with Gasteiger partial charge in [0, 0.05) is 28.5 Å². The summed E-state index contributed by atoms with van der Waals surface area (Å²) in [6.07, 6.45) is 0. The van der Waals surface area contributed by atoms with Crippen LogP contribution in [0.3, 0.4) is 0 Å².